The van der Waals surface area contributed by atoms with Gasteiger partial charge in [0.15, 0.2) is 0 Å². The molecule has 0 fully saturated rings. The van der Waals surface area contributed by atoms with E-state index in [0.717, 1.165) is 19.8 Å². The minimum absolute atomic E-state index is 0.707. The molecule has 0 saturated heterocycles. The van der Waals surface area contributed by atoms with E-state index in [-0.39, 0.29) is 0 Å². The van der Waals surface area contributed by atoms with Crippen LogP contribution in [0, 0.1) is 0 Å². The lowest BCUT2D eigenvalue weighted by molar-refractivity contribution is 0.0685. The molecule has 3 nitrogen and oxygen atoms in total. The molecule has 0 amide bonds. The SMILES string of the molecule is CCNC(CC)CCCCCOCCOC. The fraction of sp³-hybridized carbons (Fsp3) is 1.00. The highest BCUT2D eigenvalue weighted by molar-refractivity contribution is 4.63. The van der Waals surface area contributed by atoms with Crippen LogP contribution in [0.25, 0.3) is 0 Å². The lowest BCUT2D eigenvalue weighted by atomic mass is 10.1. The average molecular weight is 231 g/mol. The van der Waals surface area contributed by atoms with Gasteiger partial charge in [-0.25, -0.2) is 0 Å². The minimum Gasteiger partial charge on any atom is -0.382 e. The fourth-order valence-electron chi connectivity index (χ4n) is 1.76. The zero-order chi connectivity index (χ0) is 12.1. The summed E-state index contributed by atoms with van der Waals surface area (Å²) in [5, 5.41) is 3.50. The molecule has 0 aromatic rings. The van der Waals surface area contributed by atoms with Crippen molar-refractivity contribution in [2.45, 2.75) is 52.0 Å². The van der Waals surface area contributed by atoms with Crippen molar-refractivity contribution in [3.05, 3.63) is 0 Å². The fourth-order valence-corrected chi connectivity index (χ4v) is 1.76. The van der Waals surface area contributed by atoms with E-state index in [1.54, 1.807) is 7.11 Å². The molecule has 0 rings (SSSR count). The summed E-state index contributed by atoms with van der Waals surface area (Å²) < 4.78 is 10.3. The molecule has 0 radical (unpaired) electrons. The van der Waals surface area contributed by atoms with Crippen LogP contribution < -0.4 is 5.32 Å². The van der Waals surface area contributed by atoms with Crippen LogP contribution >= 0.6 is 0 Å². The first kappa shape index (κ1) is 15.9. The molecule has 0 aliphatic carbocycles. The Bertz CT molecular complexity index is 131. The lowest BCUT2D eigenvalue weighted by Crippen LogP contribution is -2.27. The standard InChI is InChI=1S/C13H29NO2/c1-4-13(14-5-2)9-7-6-8-10-16-12-11-15-3/h13-14H,4-12H2,1-3H3. The van der Waals surface area contributed by atoms with Gasteiger partial charge in [0, 0.05) is 19.8 Å². The number of unbranched alkanes of at least 4 members (excludes halogenated alkanes) is 2. The zero-order valence-electron chi connectivity index (χ0n) is 11.3. The molecule has 16 heavy (non-hydrogen) atoms. The summed E-state index contributed by atoms with van der Waals surface area (Å²) >= 11 is 0. The number of methoxy groups -OCH3 is 1. The third-order valence-corrected chi connectivity index (χ3v) is 2.76. The van der Waals surface area contributed by atoms with E-state index in [1.807, 2.05) is 0 Å². The summed E-state index contributed by atoms with van der Waals surface area (Å²) in [7, 11) is 1.70. The van der Waals surface area contributed by atoms with Crippen LogP contribution in [-0.4, -0.2) is 39.5 Å². The van der Waals surface area contributed by atoms with Gasteiger partial charge in [-0.2, -0.15) is 0 Å². The second-order valence-electron chi connectivity index (χ2n) is 4.12. The maximum absolute atomic E-state index is 5.41. The maximum Gasteiger partial charge on any atom is 0.0700 e. The predicted octanol–water partition coefficient (Wildman–Crippen LogP) is 2.60. The Labute approximate surface area is 101 Å². The molecule has 3 heteroatoms. The molecule has 0 bridgehead atoms. The summed E-state index contributed by atoms with van der Waals surface area (Å²) in [5.74, 6) is 0. The summed E-state index contributed by atoms with van der Waals surface area (Å²) in [5.41, 5.74) is 0. The van der Waals surface area contributed by atoms with E-state index < -0.39 is 0 Å². The monoisotopic (exact) mass is 231 g/mol. The second kappa shape index (κ2) is 12.9. The van der Waals surface area contributed by atoms with Gasteiger partial charge in [0.05, 0.1) is 13.2 Å². The average Bonchev–Trinajstić information content (AvgIpc) is 2.31. The van der Waals surface area contributed by atoms with E-state index in [4.69, 9.17) is 9.47 Å². The first-order valence-electron chi connectivity index (χ1n) is 6.65. The van der Waals surface area contributed by atoms with Gasteiger partial charge in [-0.1, -0.05) is 26.7 Å². The van der Waals surface area contributed by atoms with Crippen molar-refractivity contribution in [3.63, 3.8) is 0 Å². The van der Waals surface area contributed by atoms with Gasteiger partial charge in [0.1, 0.15) is 0 Å². The van der Waals surface area contributed by atoms with Gasteiger partial charge in [0.25, 0.3) is 0 Å². The van der Waals surface area contributed by atoms with Crippen LogP contribution in [0.15, 0.2) is 0 Å². The molecule has 1 atom stereocenters. The van der Waals surface area contributed by atoms with Crippen LogP contribution in [0.5, 0.6) is 0 Å². The molecule has 0 aliphatic rings. The highest BCUT2D eigenvalue weighted by Gasteiger charge is 2.02. The Morgan fingerprint density at radius 1 is 1.00 bits per heavy atom. The van der Waals surface area contributed by atoms with E-state index in [9.17, 15) is 0 Å². The highest BCUT2D eigenvalue weighted by atomic mass is 16.5. The molecule has 0 aliphatic heterocycles. The third-order valence-electron chi connectivity index (χ3n) is 2.76. The Hall–Kier alpha value is -0.120. The molecule has 1 unspecified atom stereocenters. The van der Waals surface area contributed by atoms with Crippen LogP contribution in [0.1, 0.15) is 46.0 Å². The first-order chi connectivity index (χ1) is 7.85. The van der Waals surface area contributed by atoms with Crippen LogP contribution in [0.2, 0.25) is 0 Å². The summed E-state index contributed by atoms with van der Waals surface area (Å²) in [6.45, 7) is 7.82. The summed E-state index contributed by atoms with van der Waals surface area (Å²) in [6, 6.07) is 0.708. The molecule has 0 aromatic carbocycles. The van der Waals surface area contributed by atoms with Crippen molar-refractivity contribution in [2.24, 2.45) is 0 Å². The Balaban J connectivity index is 3.12. The van der Waals surface area contributed by atoms with Crippen LogP contribution in [0.3, 0.4) is 0 Å². The predicted molar refractivity (Wildman–Crippen MR) is 68.9 cm³/mol. The van der Waals surface area contributed by atoms with Gasteiger partial charge in [-0.05, 0) is 25.8 Å². The number of nitrogens with one attached hydrogen (secondary N) is 1. The molecule has 0 spiro atoms. The third kappa shape index (κ3) is 10.4. The van der Waals surface area contributed by atoms with E-state index in [1.165, 1.54) is 32.1 Å². The molecule has 0 aromatic heterocycles. The Morgan fingerprint density at radius 2 is 1.81 bits per heavy atom. The van der Waals surface area contributed by atoms with Crippen molar-refractivity contribution >= 4 is 0 Å². The van der Waals surface area contributed by atoms with Gasteiger partial charge in [-0.15, -0.1) is 0 Å². The van der Waals surface area contributed by atoms with Crippen molar-refractivity contribution in [1.29, 1.82) is 0 Å². The Morgan fingerprint density at radius 3 is 2.44 bits per heavy atom. The summed E-state index contributed by atoms with van der Waals surface area (Å²) in [4.78, 5) is 0. The van der Waals surface area contributed by atoms with Crippen molar-refractivity contribution in [1.82, 2.24) is 5.32 Å². The van der Waals surface area contributed by atoms with Gasteiger partial charge < -0.3 is 14.8 Å². The van der Waals surface area contributed by atoms with Gasteiger partial charge in [-0.3, -0.25) is 0 Å². The lowest BCUT2D eigenvalue weighted by Gasteiger charge is -2.15. The van der Waals surface area contributed by atoms with Crippen molar-refractivity contribution in [2.75, 3.05) is 33.5 Å². The highest BCUT2D eigenvalue weighted by Crippen LogP contribution is 2.06. The number of hydrogen-bond donors (Lipinski definition) is 1. The van der Waals surface area contributed by atoms with Gasteiger partial charge in [0.2, 0.25) is 0 Å². The molecular formula is C13H29NO2. The van der Waals surface area contributed by atoms with E-state index in [2.05, 4.69) is 19.2 Å². The number of ether oxygens (including phenoxy) is 2. The van der Waals surface area contributed by atoms with E-state index >= 15 is 0 Å². The largest absolute Gasteiger partial charge is 0.382 e. The number of rotatable bonds is 12. The maximum atomic E-state index is 5.41. The molecule has 98 valence electrons. The molecular weight excluding hydrogens is 202 g/mol. The minimum atomic E-state index is 0.707. The first-order valence-corrected chi connectivity index (χ1v) is 6.65. The number of hydrogen-bond acceptors (Lipinski definition) is 3. The zero-order valence-corrected chi connectivity index (χ0v) is 11.3. The van der Waals surface area contributed by atoms with E-state index in [0.29, 0.717) is 12.6 Å². The summed E-state index contributed by atoms with van der Waals surface area (Å²) in [6.07, 6.45) is 6.28. The molecule has 0 saturated carbocycles. The molecule has 1 N–H and O–H groups in total. The molecule has 0 heterocycles. The normalized spacial score (nSPS) is 12.9. The van der Waals surface area contributed by atoms with Crippen molar-refractivity contribution in [3.8, 4) is 0 Å². The van der Waals surface area contributed by atoms with Crippen molar-refractivity contribution < 1.29 is 9.47 Å². The van der Waals surface area contributed by atoms with Crippen LogP contribution in [-0.2, 0) is 9.47 Å². The van der Waals surface area contributed by atoms with Gasteiger partial charge >= 0.3 is 0 Å². The Kier molecular flexibility index (Phi) is 12.9. The topological polar surface area (TPSA) is 30.5 Å². The van der Waals surface area contributed by atoms with Crippen LogP contribution in [0.4, 0.5) is 0 Å². The quantitative estimate of drug-likeness (QED) is 0.524. The smallest absolute Gasteiger partial charge is 0.0700 e. The second-order valence-corrected chi connectivity index (χ2v) is 4.12.